The van der Waals surface area contributed by atoms with E-state index in [1.807, 2.05) is 11.5 Å². The van der Waals surface area contributed by atoms with Crippen LogP contribution in [0.4, 0.5) is 0 Å². The average molecular weight is 278 g/mol. The molecule has 1 aromatic heterocycles. The molecular weight excluding hydrogens is 256 g/mol. The summed E-state index contributed by atoms with van der Waals surface area (Å²) in [5.41, 5.74) is 2.17. The lowest BCUT2D eigenvalue weighted by Crippen LogP contribution is -2.48. The number of carboxylic acids is 1. The normalized spacial score (nSPS) is 16.8. The van der Waals surface area contributed by atoms with Crippen molar-refractivity contribution in [2.75, 3.05) is 0 Å². The zero-order chi connectivity index (χ0) is 14.9. The molecule has 0 bridgehead atoms. The molecule has 2 rings (SSSR count). The minimum absolute atomic E-state index is 0.0701. The van der Waals surface area contributed by atoms with Crippen molar-refractivity contribution in [3.05, 3.63) is 27.4 Å². The van der Waals surface area contributed by atoms with Gasteiger partial charge in [-0.05, 0) is 51.5 Å². The van der Waals surface area contributed by atoms with Crippen molar-refractivity contribution in [1.29, 1.82) is 0 Å². The van der Waals surface area contributed by atoms with Gasteiger partial charge in [0.15, 0.2) is 0 Å². The first kappa shape index (κ1) is 14.8. The molecule has 110 valence electrons. The number of hydrogen-bond donors (Lipinski definition) is 1. The Labute approximate surface area is 118 Å². The predicted octanol–water partition coefficient (Wildman–Crippen LogP) is 2.17. The van der Waals surface area contributed by atoms with Gasteiger partial charge in [-0.25, -0.2) is 4.79 Å². The molecular formula is C15H22N2O3. The molecule has 0 radical (unpaired) electrons. The molecule has 0 unspecified atom stereocenters. The van der Waals surface area contributed by atoms with Crippen molar-refractivity contribution in [2.45, 2.75) is 64.8 Å². The highest BCUT2D eigenvalue weighted by Crippen LogP contribution is 2.42. The van der Waals surface area contributed by atoms with Crippen LogP contribution in [0, 0.1) is 13.8 Å². The molecule has 0 spiro atoms. The number of hydrogen-bond acceptors (Lipinski definition) is 3. The highest BCUT2D eigenvalue weighted by Gasteiger charge is 2.39. The highest BCUT2D eigenvalue weighted by molar-refractivity contribution is 5.67. The molecule has 1 fully saturated rings. The molecule has 5 heteroatoms. The van der Waals surface area contributed by atoms with Gasteiger partial charge in [0.05, 0.1) is 0 Å². The lowest BCUT2D eigenvalue weighted by molar-refractivity contribution is -0.136. The van der Waals surface area contributed by atoms with Gasteiger partial charge >= 0.3 is 11.7 Å². The predicted molar refractivity (Wildman–Crippen MR) is 76.0 cm³/mol. The van der Waals surface area contributed by atoms with Crippen LogP contribution < -0.4 is 5.69 Å². The van der Waals surface area contributed by atoms with Crippen LogP contribution in [0.15, 0.2) is 4.79 Å². The van der Waals surface area contributed by atoms with Crippen molar-refractivity contribution in [1.82, 2.24) is 9.55 Å². The number of aromatic nitrogens is 2. The Hall–Kier alpha value is -1.65. The first-order chi connectivity index (χ1) is 9.41. The van der Waals surface area contributed by atoms with Gasteiger partial charge in [-0.3, -0.25) is 9.36 Å². The molecule has 1 aromatic rings. The van der Waals surface area contributed by atoms with Crippen LogP contribution in [0.3, 0.4) is 0 Å². The van der Waals surface area contributed by atoms with Gasteiger partial charge < -0.3 is 5.11 Å². The van der Waals surface area contributed by atoms with E-state index in [1.165, 1.54) is 0 Å². The number of aliphatic carboxylic acids is 1. The van der Waals surface area contributed by atoms with E-state index in [-0.39, 0.29) is 17.6 Å². The Morgan fingerprint density at radius 1 is 1.40 bits per heavy atom. The smallest absolute Gasteiger partial charge is 0.348 e. The average Bonchev–Trinajstić information content (AvgIpc) is 2.31. The summed E-state index contributed by atoms with van der Waals surface area (Å²) in [5.74, 6) is -0.824. The SMILES string of the molecule is CCC1(n2c(C)c(CCC(=O)O)c(C)nc2=O)CCC1. The highest BCUT2D eigenvalue weighted by atomic mass is 16.4. The van der Waals surface area contributed by atoms with Crippen LogP contribution in [0.25, 0.3) is 0 Å². The first-order valence-electron chi connectivity index (χ1n) is 7.22. The number of carbonyl (C=O) groups is 1. The molecule has 5 nitrogen and oxygen atoms in total. The van der Waals surface area contributed by atoms with Crippen LogP contribution in [0.5, 0.6) is 0 Å². The zero-order valence-electron chi connectivity index (χ0n) is 12.4. The maximum atomic E-state index is 12.3. The molecule has 1 N–H and O–H groups in total. The van der Waals surface area contributed by atoms with E-state index >= 15 is 0 Å². The molecule has 0 saturated heterocycles. The fraction of sp³-hybridized carbons (Fsp3) is 0.667. The number of rotatable bonds is 5. The number of carboxylic acid groups (broad SMARTS) is 1. The van der Waals surface area contributed by atoms with E-state index < -0.39 is 5.97 Å². The van der Waals surface area contributed by atoms with Crippen molar-refractivity contribution in [3.8, 4) is 0 Å². The maximum Gasteiger partial charge on any atom is 0.348 e. The summed E-state index contributed by atoms with van der Waals surface area (Å²) in [6.45, 7) is 5.81. The minimum atomic E-state index is -0.824. The Bertz CT molecular complexity index is 580. The topological polar surface area (TPSA) is 72.2 Å². The van der Waals surface area contributed by atoms with Crippen LogP contribution in [-0.2, 0) is 16.8 Å². The Morgan fingerprint density at radius 3 is 2.50 bits per heavy atom. The summed E-state index contributed by atoms with van der Waals surface area (Å²) in [4.78, 5) is 27.2. The molecule has 1 aliphatic carbocycles. The molecule has 1 heterocycles. The third-order valence-corrected chi connectivity index (χ3v) is 4.67. The molecule has 20 heavy (non-hydrogen) atoms. The maximum absolute atomic E-state index is 12.3. The van der Waals surface area contributed by atoms with Crippen LogP contribution in [0.1, 0.15) is 56.0 Å². The second-order valence-corrected chi connectivity index (χ2v) is 5.70. The van der Waals surface area contributed by atoms with Crippen molar-refractivity contribution in [3.63, 3.8) is 0 Å². The van der Waals surface area contributed by atoms with E-state index in [9.17, 15) is 9.59 Å². The van der Waals surface area contributed by atoms with Crippen molar-refractivity contribution < 1.29 is 9.90 Å². The van der Waals surface area contributed by atoms with E-state index in [1.54, 1.807) is 6.92 Å². The molecule has 0 atom stereocenters. The van der Waals surface area contributed by atoms with E-state index in [0.29, 0.717) is 12.1 Å². The summed E-state index contributed by atoms with van der Waals surface area (Å²) in [7, 11) is 0. The third kappa shape index (κ3) is 2.37. The number of nitrogens with zero attached hydrogens (tertiary/aromatic N) is 2. The second-order valence-electron chi connectivity index (χ2n) is 5.70. The summed E-state index contributed by atoms with van der Waals surface area (Å²) in [6.07, 6.45) is 4.57. The summed E-state index contributed by atoms with van der Waals surface area (Å²) >= 11 is 0. The monoisotopic (exact) mass is 278 g/mol. The van der Waals surface area contributed by atoms with Gasteiger partial charge in [-0.2, -0.15) is 4.98 Å². The Balaban J connectivity index is 2.50. The van der Waals surface area contributed by atoms with E-state index in [0.717, 1.165) is 36.9 Å². The van der Waals surface area contributed by atoms with Crippen molar-refractivity contribution >= 4 is 5.97 Å². The van der Waals surface area contributed by atoms with Gasteiger partial charge in [0.2, 0.25) is 0 Å². The Kier molecular flexibility index (Phi) is 3.97. The minimum Gasteiger partial charge on any atom is -0.481 e. The van der Waals surface area contributed by atoms with Crippen LogP contribution in [0.2, 0.25) is 0 Å². The second kappa shape index (κ2) is 5.38. The Morgan fingerprint density at radius 2 is 2.05 bits per heavy atom. The molecule has 1 saturated carbocycles. The van der Waals surface area contributed by atoms with Crippen LogP contribution in [-0.4, -0.2) is 20.6 Å². The summed E-state index contributed by atoms with van der Waals surface area (Å²) in [5, 5.41) is 8.85. The van der Waals surface area contributed by atoms with E-state index in [2.05, 4.69) is 11.9 Å². The van der Waals surface area contributed by atoms with Gasteiger partial charge in [0.1, 0.15) is 0 Å². The standard InChI is InChI=1S/C15H22N2O3/c1-4-15(8-5-9-15)17-11(3)12(6-7-13(18)19)10(2)16-14(17)20/h4-9H2,1-3H3,(H,18,19). The largest absolute Gasteiger partial charge is 0.481 e. The lowest BCUT2D eigenvalue weighted by atomic mass is 9.74. The molecule has 0 aliphatic heterocycles. The number of aryl methyl sites for hydroxylation is 1. The van der Waals surface area contributed by atoms with Gasteiger partial charge in [-0.1, -0.05) is 6.92 Å². The molecule has 1 aliphatic rings. The third-order valence-electron chi connectivity index (χ3n) is 4.67. The first-order valence-corrected chi connectivity index (χ1v) is 7.22. The molecule has 0 aromatic carbocycles. The zero-order valence-corrected chi connectivity index (χ0v) is 12.4. The van der Waals surface area contributed by atoms with Crippen LogP contribution >= 0.6 is 0 Å². The lowest BCUT2D eigenvalue weighted by Gasteiger charge is -2.44. The molecule has 0 amide bonds. The quantitative estimate of drug-likeness (QED) is 0.896. The van der Waals surface area contributed by atoms with Crippen molar-refractivity contribution in [2.24, 2.45) is 0 Å². The summed E-state index contributed by atoms with van der Waals surface area (Å²) < 4.78 is 1.82. The fourth-order valence-electron chi connectivity index (χ4n) is 3.27. The van der Waals surface area contributed by atoms with Gasteiger partial charge in [0.25, 0.3) is 0 Å². The van der Waals surface area contributed by atoms with Gasteiger partial charge in [-0.15, -0.1) is 0 Å². The van der Waals surface area contributed by atoms with E-state index in [4.69, 9.17) is 5.11 Å². The van der Waals surface area contributed by atoms with Gasteiger partial charge in [0, 0.05) is 23.3 Å². The summed E-state index contributed by atoms with van der Waals surface area (Å²) in [6, 6.07) is 0. The fourth-order valence-corrected chi connectivity index (χ4v) is 3.27.